The van der Waals surface area contributed by atoms with Gasteiger partial charge in [-0.15, -0.1) is 0 Å². The molecule has 0 aliphatic carbocycles. The lowest BCUT2D eigenvalue weighted by molar-refractivity contribution is -0.114. The Morgan fingerprint density at radius 1 is 1.28 bits per heavy atom. The standard InChI is InChI=1S/C12H10BrN3OS/c1-8(17)16-9-2-4-10(5-3-9)18-12-6-11(13)14-7-15-12/h2-7H,1H3,(H,16,17). The highest BCUT2D eigenvalue weighted by Gasteiger charge is 2.01. The van der Waals surface area contributed by atoms with Crippen LogP contribution in [0.3, 0.4) is 0 Å². The fourth-order valence-corrected chi connectivity index (χ4v) is 2.55. The molecular formula is C12H10BrN3OS. The summed E-state index contributed by atoms with van der Waals surface area (Å²) in [5.41, 5.74) is 0.788. The minimum absolute atomic E-state index is 0.0739. The van der Waals surface area contributed by atoms with Crippen molar-refractivity contribution in [2.45, 2.75) is 16.8 Å². The predicted molar refractivity (Wildman–Crippen MR) is 74.6 cm³/mol. The van der Waals surface area contributed by atoms with Crippen LogP contribution in [0.25, 0.3) is 0 Å². The monoisotopic (exact) mass is 323 g/mol. The van der Waals surface area contributed by atoms with Crippen LogP contribution in [-0.4, -0.2) is 15.9 Å². The van der Waals surface area contributed by atoms with Gasteiger partial charge in [-0.25, -0.2) is 9.97 Å². The molecule has 0 aliphatic rings. The van der Waals surface area contributed by atoms with E-state index in [2.05, 4.69) is 31.2 Å². The number of rotatable bonds is 3. The van der Waals surface area contributed by atoms with Crippen LogP contribution in [0.2, 0.25) is 0 Å². The summed E-state index contributed by atoms with van der Waals surface area (Å²) >= 11 is 4.84. The average Bonchev–Trinajstić information content (AvgIpc) is 2.31. The molecule has 1 heterocycles. The Labute approximate surface area is 117 Å². The van der Waals surface area contributed by atoms with Gasteiger partial charge in [0.15, 0.2) is 0 Å². The summed E-state index contributed by atoms with van der Waals surface area (Å²) < 4.78 is 0.759. The number of hydrogen-bond acceptors (Lipinski definition) is 4. The van der Waals surface area contributed by atoms with Crippen LogP contribution in [-0.2, 0) is 4.79 Å². The minimum Gasteiger partial charge on any atom is -0.326 e. The van der Waals surface area contributed by atoms with E-state index in [1.54, 1.807) is 0 Å². The van der Waals surface area contributed by atoms with Crippen molar-refractivity contribution in [2.24, 2.45) is 0 Å². The van der Waals surface area contributed by atoms with Crippen LogP contribution in [0.1, 0.15) is 6.92 Å². The Kier molecular flexibility index (Phi) is 4.33. The summed E-state index contributed by atoms with van der Waals surface area (Å²) in [6.07, 6.45) is 1.51. The second kappa shape index (κ2) is 5.97. The van der Waals surface area contributed by atoms with Gasteiger partial charge in [0.25, 0.3) is 0 Å². The largest absolute Gasteiger partial charge is 0.326 e. The molecule has 0 fully saturated rings. The molecule has 0 saturated carbocycles. The van der Waals surface area contributed by atoms with Crippen LogP contribution in [0.5, 0.6) is 0 Å². The molecule has 1 aromatic carbocycles. The molecule has 1 amide bonds. The highest BCUT2D eigenvalue weighted by atomic mass is 79.9. The first-order valence-corrected chi connectivity index (χ1v) is 6.77. The Morgan fingerprint density at radius 2 is 2.00 bits per heavy atom. The van der Waals surface area contributed by atoms with Gasteiger partial charge in [0.05, 0.1) is 0 Å². The van der Waals surface area contributed by atoms with Gasteiger partial charge in [-0.1, -0.05) is 11.8 Å². The number of aromatic nitrogens is 2. The number of carbonyl (C=O) groups is 1. The van der Waals surface area contributed by atoms with E-state index >= 15 is 0 Å². The maximum absolute atomic E-state index is 10.9. The summed E-state index contributed by atoms with van der Waals surface area (Å²) in [5.74, 6) is -0.0739. The highest BCUT2D eigenvalue weighted by molar-refractivity contribution is 9.10. The van der Waals surface area contributed by atoms with Crippen molar-refractivity contribution in [1.29, 1.82) is 0 Å². The second-order valence-electron chi connectivity index (χ2n) is 3.49. The van der Waals surface area contributed by atoms with Gasteiger partial charge < -0.3 is 5.32 Å². The normalized spacial score (nSPS) is 10.1. The number of halogens is 1. The molecule has 0 bridgehead atoms. The van der Waals surface area contributed by atoms with Gasteiger partial charge >= 0.3 is 0 Å². The fraction of sp³-hybridized carbons (Fsp3) is 0.0833. The summed E-state index contributed by atoms with van der Waals surface area (Å²) in [4.78, 5) is 20.1. The van der Waals surface area contributed by atoms with E-state index in [1.165, 1.54) is 25.0 Å². The zero-order valence-corrected chi connectivity index (χ0v) is 12.0. The third kappa shape index (κ3) is 3.82. The average molecular weight is 324 g/mol. The maximum atomic E-state index is 10.9. The lowest BCUT2D eigenvalue weighted by Gasteiger charge is -2.04. The van der Waals surface area contributed by atoms with Crippen LogP contribution in [0.15, 0.2) is 51.2 Å². The zero-order chi connectivity index (χ0) is 13.0. The summed E-state index contributed by atoms with van der Waals surface area (Å²) in [6.45, 7) is 1.49. The maximum Gasteiger partial charge on any atom is 0.221 e. The number of nitrogens with zero attached hydrogens (tertiary/aromatic N) is 2. The van der Waals surface area contributed by atoms with Crippen molar-refractivity contribution in [2.75, 3.05) is 5.32 Å². The lowest BCUT2D eigenvalue weighted by Crippen LogP contribution is -2.05. The summed E-state index contributed by atoms with van der Waals surface area (Å²) in [7, 11) is 0. The molecule has 2 rings (SSSR count). The molecule has 18 heavy (non-hydrogen) atoms. The van der Waals surface area contributed by atoms with Crippen molar-refractivity contribution in [1.82, 2.24) is 9.97 Å². The van der Waals surface area contributed by atoms with Gasteiger partial charge in [-0.05, 0) is 40.2 Å². The molecule has 0 saturated heterocycles. The Hall–Kier alpha value is -1.40. The van der Waals surface area contributed by atoms with Gasteiger partial charge in [-0.2, -0.15) is 0 Å². The van der Waals surface area contributed by atoms with Crippen molar-refractivity contribution in [3.8, 4) is 0 Å². The molecule has 0 unspecified atom stereocenters. The number of anilines is 1. The molecule has 2 aromatic rings. The first kappa shape index (κ1) is 13.0. The smallest absolute Gasteiger partial charge is 0.221 e. The fourth-order valence-electron chi connectivity index (χ4n) is 1.30. The number of hydrogen-bond donors (Lipinski definition) is 1. The van der Waals surface area contributed by atoms with Gasteiger partial charge in [0.1, 0.15) is 16.0 Å². The van der Waals surface area contributed by atoms with Gasteiger partial charge in [0, 0.05) is 23.6 Å². The molecule has 92 valence electrons. The Balaban J connectivity index is 2.08. The quantitative estimate of drug-likeness (QED) is 0.880. The number of amides is 1. The molecule has 4 nitrogen and oxygen atoms in total. The van der Waals surface area contributed by atoms with E-state index in [-0.39, 0.29) is 5.91 Å². The third-order valence-electron chi connectivity index (χ3n) is 2.01. The van der Waals surface area contributed by atoms with Crippen LogP contribution in [0, 0.1) is 0 Å². The molecule has 0 atom stereocenters. The molecule has 6 heteroatoms. The topological polar surface area (TPSA) is 54.9 Å². The number of benzene rings is 1. The zero-order valence-electron chi connectivity index (χ0n) is 9.55. The predicted octanol–water partition coefficient (Wildman–Crippen LogP) is 3.35. The van der Waals surface area contributed by atoms with Crippen molar-refractivity contribution >= 4 is 39.3 Å². The molecule has 0 aliphatic heterocycles. The van der Waals surface area contributed by atoms with E-state index in [4.69, 9.17) is 0 Å². The van der Waals surface area contributed by atoms with E-state index in [0.717, 1.165) is 20.2 Å². The van der Waals surface area contributed by atoms with E-state index in [9.17, 15) is 4.79 Å². The van der Waals surface area contributed by atoms with Gasteiger partial charge in [0.2, 0.25) is 5.91 Å². The third-order valence-corrected chi connectivity index (χ3v) is 3.38. The van der Waals surface area contributed by atoms with Gasteiger partial charge in [-0.3, -0.25) is 4.79 Å². The SMILES string of the molecule is CC(=O)Nc1ccc(Sc2cc(Br)ncn2)cc1. The van der Waals surface area contributed by atoms with Crippen LogP contribution in [0.4, 0.5) is 5.69 Å². The van der Waals surface area contributed by atoms with E-state index < -0.39 is 0 Å². The van der Waals surface area contributed by atoms with Crippen molar-refractivity contribution < 1.29 is 4.79 Å². The van der Waals surface area contributed by atoms with Crippen molar-refractivity contribution in [3.05, 3.63) is 41.3 Å². The number of nitrogens with one attached hydrogen (secondary N) is 1. The Bertz CT molecular complexity index is 560. The first-order chi connectivity index (χ1) is 8.63. The second-order valence-corrected chi connectivity index (χ2v) is 5.39. The van der Waals surface area contributed by atoms with Crippen LogP contribution >= 0.6 is 27.7 Å². The van der Waals surface area contributed by atoms with E-state index in [1.807, 2.05) is 30.3 Å². The molecule has 0 spiro atoms. The molecule has 1 N–H and O–H groups in total. The van der Waals surface area contributed by atoms with E-state index in [0.29, 0.717) is 0 Å². The highest BCUT2D eigenvalue weighted by Crippen LogP contribution is 2.27. The lowest BCUT2D eigenvalue weighted by atomic mass is 10.3. The number of carbonyl (C=O) groups excluding carboxylic acids is 1. The minimum atomic E-state index is -0.0739. The summed E-state index contributed by atoms with van der Waals surface area (Å²) in [6, 6.07) is 9.45. The van der Waals surface area contributed by atoms with Crippen LogP contribution < -0.4 is 5.32 Å². The van der Waals surface area contributed by atoms with Crippen molar-refractivity contribution in [3.63, 3.8) is 0 Å². The Morgan fingerprint density at radius 3 is 2.61 bits per heavy atom. The first-order valence-electron chi connectivity index (χ1n) is 5.16. The summed E-state index contributed by atoms with van der Waals surface area (Å²) in [5, 5.41) is 3.59. The molecular weight excluding hydrogens is 314 g/mol. The molecule has 0 radical (unpaired) electrons. The molecule has 1 aromatic heterocycles.